The average molecular weight is 432 g/mol. The van der Waals surface area contributed by atoms with Gasteiger partial charge in [0, 0.05) is 32.4 Å². The third-order valence-electron chi connectivity index (χ3n) is 5.02. The van der Waals surface area contributed by atoms with Crippen molar-refractivity contribution in [2.45, 2.75) is 18.8 Å². The molecular formula is C16H16ClF6N3O2. The monoisotopic (exact) mass is 431 g/mol. The Labute approximate surface area is 161 Å². The van der Waals surface area contributed by atoms with Crippen molar-refractivity contribution in [2.75, 3.05) is 44.3 Å². The van der Waals surface area contributed by atoms with Crippen molar-refractivity contribution in [3.8, 4) is 0 Å². The quantitative estimate of drug-likeness (QED) is 0.672. The van der Waals surface area contributed by atoms with Gasteiger partial charge in [0.2, 0.25) is 0 Å². The van der Waals surface area contributed by atoms with Crippen molar-refractivity contribution in [1.82, 2.24) is 9.88 Å². The Bertz CT molecular complexity index is 735. The van der Waals surface area contributed by atoms with Gasteiger partial charge >= 0.3 is 12.4 Å². The lowest BCUT2D eigenvalue weighted by Gasteiger charge is -2.33. The molecule has 0 aliphatic carbocycles. The molecule has 28 heavy (non-hydrogen) atoms. The Morgan fingerprint density at radius 1 is 1.11 bits per heavy atom. The topological polar surface area (TPSA) is 45.7 Å². The first-order valence-electron chi connectivity index (χ1n) is 8.37. The number of alkyl halides is 6. The van der Waals surface area contributed by atoms with Gasteiger partial charge in [-0.1, -0.05) is 11.6 Å². The molecule has 0 radical (unpaired) electrons. The second-order valence-electron chi connectivity index (χ2n) is 6.68. The molecule has 0 N–H and O–H groups in total. The number of nitrogens with zero attached hydrogens (tertiary/aromatic N) is 3. The molecule has 5 nitrogen and oxygen atoms in total. The third-order valence-corrected chi connectivity index (χ3v) is 5.30. The zero-order valence-corrected chi connectivity index (χ0v) is 15.2. The minimum Gasteiger partial charge on any atom is -0.378 e. The number of amides is 1. The Hall–Kier alpha value is -1.75. The van der Waals surface area contributed by atoms with Gasteiger partial charge in [0.1, 0.15) is 5.82 Å². The van der Waals surface area contributed by atoms with E-state index in [9.17, 15) is 31.1 Å². The van der Waals surface area contributed by atoms with Gasteiger partial charge in [-0.05, 0) is 12.5 Å². The van der Waals surface area contributed by atoms with Gasteiger partial charge in [-0.2, -0.15) is 26.3 Å². The molecule has 0 aromatic carbocycles. The smallest absolute Gasteiger partial charge is 0.378 e. The molecule has 1 aromatic heterocycles. The second-order valence-corrected chi connectivity index (χ2v) is 7.09. The van der Waals surface area contributed by atoms with Crippen LogP contribution in [0.15, 0.2) is 12.3 Å². The highest BCUT2D eigenvalue weighted by atomic mass is 35.5. The molecule has 0 saturated carbocycles. The molecule has 2 aliphatic rings. The number of carbonyl (C=O) groups is 1. The van der Waals surface area contributed by atoms with Gasteiger partial charge in [0.05, 0.1) is 23.8 Å². The molecule has 2 fully saturated rings. The van der Waals surface area contributed by atoms with Crippen LogP contribution in [0, 0.1) is 5.41 Å². The molecule has 156 valence electrons. The lowest BCUT2D eigenvalue weighted by Crippen LogP contribution is -2.51. The number of halogens is 7. The Morgan fingerprint density at radius 3 is 2.21 bits per heavy atom. The third kappa shape index (κ3) is 3.61. The largest absolute Gasteiger partial charge is 0.404 e. The number of hydrogen-bond donors (Lipinski definition) is 0. The molecule has 0 bridgehead atoms. The molecule has 2 aliphatic heterocycles. The summed E-state index contributed by atoms with van der Waals surface area (Å²) in [5, 5.41) is -0.181. The fourth-order valence-corrected chi connectivity index (χ4v) is 3.63. The molecular weight excluding hydrogens is 416 g/mol. The lowest BCUT2D eigenvalue weighted by molar-refractivity contribution is -0.332. The SMILES string of the molecule is O=C(c1cnc(N2CCC(C(F)(F)F)(C(F)(F)F)C2)c(Cl)c1)N1CCOCC1. The normalized spacial score (nSPS) is 20.5. The van der Waals surface area contributed by atoms with Crippen LogP contribution in [0.5, 0.6) is 0 Å². The number of hydrogen-bond acceptors (Lipinski definition) is 4. The van der Waals surface area contributed by atoms with E-state index in [4.69, 9.17) is 16.3 Å². The van der Waals surface area contributed by atoms with E-state index in [1.54, 1.807) is 0 Å². The van der Waals surface area contributed by atoms with Gasteiger partial charge in [0.15, 0.2) is 5.41 Å². The maximum atomic E-state index is 13.2. The standard InChI is InChI=1S/C16H16ClF6N3O2/c17-11-7-10(13(27)25-3-5-28-6-4-25)8-24-12(11)26-2-1-14(9-26,15(18,19)20)16(21,22)23/h7-8H,1-6,9H2. The molecule has 2 saturated heterocycles. The fourth-order valence-electron chi connectivity index (χ4n) is 3.34. The van der Waals surface area contributed by atoms with Crippen LogP contribution >= 0.6 is 11.6 Å². The molecule has 0 spiro atoms. The summed E-state index contributed by atoms with van der Waals surface area (Å²) in [6.07, 6.45) is -11.0. The minimum atomic E-state index is -5.46. The van der Waals surface area contributed by atoms with Gasteiger partial charge in [0.25, 0.3) is 5.91 Å². The van der Waals surface area contributed by atoms with Crippen LogP contribution in [-0.4, -0.2) is 67.5 Å². The summed E-state index contributed by atoms with van der Waals surface area (Å²) in [6.45, 7) is -0.370. The van der Waals surface area contributed by atoms with Crippen molar-refractivity contribution in [2.24, 2.45) is 5.41 Å². The summed E-state index contributed by atoms with van der Waals surface area (Å²) in [4.78, 5) is 18.7. The molecule has 12 heteroatoms. The van der Waals surface area contributed by atoms with Crippen molar-refractivity contribution in [1.29, 1.82) is 0 Å². The van der Waals surface area contributed by atoms with Crippen LogP contribution in [0.4, 0.5) is 32.2 Å². The number of pyridine rings is 1. The summed E-state index contributed by atoms with van der Waals surface area (Å²) in [6, 6.07) is 1.21. The Morgan fingerprint density at radius 2 is 1.71 bits per heavy atom. The maximum absolute atomic E-state index is 13.2. The Kier molecular flexibility index (Phi) is 5.43. The van der Waals surface area contributed by atoms with E-state index < -0.39 is 37.3 Å². The van der Waals surface area contributed by atoms with Crippen molar-refractivity contribution < 1.29 is 35.9 Å². The number of anilines is 1. The van der Waals surface area contributed by atoms with Crippen LogP contribution < -0.4 is 4.90 Å². The van der Waals surface area contributed by atoms with Gasteiger partial charge in [-0.15, -0.1) is 0 Å². The van der Waals surface area contributed by atoms with Crippen LogP contribution in [0.25, 0.3) is 0 Å². The van der Waals surface area contributed by atoms with Gasteiger partial charge < -0.3 is 14.5 Å². The summed E-state index contributed by atoms with van der Waals surface area (Å²) in [7, 11) is 0. The van der Waals surface area contributed by atoms with Crippen molar-refractivity contribution in [3.05, 3.63) is 22.8 Å². The molecule has 3 rings (SSSR count). The molecule has 0 atom stereocenters. The molecule has 3 heterocycles. The number of carbonyl (C=O) groups excluding carboxylic acids is 1. The van der Waals surface area contributed by atoms with E-state index in [1.807, 2.05) is 0 Å². The van der Waals surface area contributed by atoms with E-state index in [1.165, 1.54) is 11.0 Å². The number of aromatic nitrogens is 1. The van der Waals surface area contributed by atoms with E-state index >= 15 is 0 Å². The first kappa shape index (κ1) is 21.0. The van der Waals surface area contributed by atoms with Crippen molar-refractivity contribution >= 4 is 23.3 Å². The lowest BCUT2D eigenvalue weighted by atomic mass is 9.85. The van der Waals surface area contributed by atoms with Crippen LogP contribution in [0.2, 0.25) is 5.02 Å². The summed E-state index contributed by atoms with van der Waals surface area (Å²) in [5.74, 6) is -0.596. The first-order valence-corrected chi connectivity index (χ1v) is 8.75. The zero-order valence-electron chi connectivity index (χ0n) is 14.4. The highest BCUT2D eigenvalue weighted by molar-refractivity contribution is 6.33. The van der Waals surface area contributed by atoms with E-state index in [0.717, 1.165) is 11.1 Å². The van der Waals surface area contributed by atoms with E-state index in [-0.39, 0.29) is 22.3 Å². The van der Waals surface area contributed by atoms with E-state index in [0.29, 0.717) is 26.3 Å². The van der Waals surface area contributed by atoms with E-state index in [2.05, 4.69) is 4.98 Å². The average Bonchev–Trinajstić information content (AvgIpc) is 3.08. The number of ether oxygens (including phenoxy) is 1. The van der Waals surface area contributed by atoms with Gasteiger partial charge in [-0.25, -0.2) is 4.98 Å². The summed E-state index contributed by atoms with van der Waals surface area (Å²) in [5.41, 5.74) is -3.74. The molecule has 1 aromatic rings. The summed E-state index contributed by atoms with van der Waals surface area (Å²) < 4.78 is 84.4. The second kappa shape index (κ2) is 7.25. The molecule has 1 amide bonds. The van der Waals surface area contributed by atoms with Gasteiger partial charge in [-0.3, -0.25) is 4.79 Å². The summed E-state index contributed by atoms with van der Waals surface area (Å²) >= 11 is 6.05. The first-order chi connectivity index (χ1) is 13.0. The van der Waals surface area contributed by atoms with Crippen molar-refractivity contribution in [3.63, 3.8) is 0 Å². The minimum absolute atomic E-state index is 0.104. The predicted molar refractivity (Wildman–Crippen MR) is 87.3 cm³/mol. The maximum Gasteiger partial charge on any atom is 0.404 e. The van der Waals surface area contributed by atoms with Crippen LogP contribution in [-0.2, 0) is 4.74 Å². The molecule has 0 unspecified atom stereocenters. The zero-order chi connectivity index (χ0) is 20.7. The highest BCUT2D eigenvalue weighted by Crippen LogP contribution is 2.56. The van der Waals surface area contributed by atoms with Crippen LogP contribution in [0.1, 0.15) is 16.8 Å². The fraction of sp³-hybridized carbons (Fsp3) is 0.625. The highest BCUT2D eigenvalue weighted by Gasteiger charge is 2.72. The number of rotatable bonds is 2. The Balaban J connectivity index is 1.82. The predicted octanol–water partition coefficient (Wildman–Crippen LogP) is 3.53. The van der Waals surface area contributed by atoms with Crippen LogP contribution in [0.3, 0.4) is 0 Å². The number of morpholine rings is 1.